The second-order valence-corrected chi connectivity index (χ2v) is 8.07. The van der Waals surface area contributed by atoms with E-state index in [-0.39, 0.29) is 23.5 Å². The molecular weight excluding hydrogens is 473 g/mol. The maximum absolute atomic E-state index is 15.3. The van der Waals surface area contributed by atoms with Gasteiger partial charge < -0.3 is 20.4 Å². The molecule has 10 heteroatoms. The number of nitrogens with zero attached hydrogens (tertiary/aromatic N) is 5. The van der Waals surface area contributed by atoms with Gasteiger partial charge >= 0.3 is 6.01 Å². The molecule has 1 aliphatic carbocycles. The van der Waals surface area contributed by atoms with Crippen molar-refractivity contribution in [2.24, 2.45) is 0 Å². The summed E-state index contributed by atoms with van der Waals surface area (Å²) in [4.78, 5) is 28.3. The monoisotopic (exact) mass is 493 g/mol. The SMILES string of the molecule is C=CC(=O)NC1=C=C=C(c2c(C)c3ncnc(N)c3n2-c2ccc(Oc3nccc(C)n3)c(F)c2)C=C1. The van der Waals surface area contributed by atoms with Gasteiger partial charge in [-0.3, -0.25) is 4.79 Å². The number of benzene rings is 1. The Bertz CT molecular complexity index is 1740. The Labute approximate surface area is 210 Å². The molecule has 0 spiro atoms. The van der Waals surface area contributed by atoms with Crippen LogP contribution < -0.4 is 15.8 Å². The number of hydrogen-bond donors (Lipinski definition) is 2. The smallest absolute Gasteiger partial charge is 0.322 e. The Hall–Kier alpha value is -5.30. The van der Waals surface area contributed by atoms with Gasteiger partial charge in [-0.2, -0.15) is 0 Å². The molecule has 0 atom stereocenters. The highest BCUT2D eigenvalue weighted by molar-refractivity contribution is 5.96. The fourth-order valence-electron chi connectivity index (χ4n) is 3.92. The van der Waals surface area contributed by atoms with Gasteiger partial charge in [0.2, 0.25) is 5.91 Å². The van der Waals surface area contributed by atoms with E-state index in [4.69, 9.17) is 10.5 Å². The van der Waals surface area contributed by atoms with E-state index in [2.05, 4.69) is 43.3 Å². The van der Waals surface area contributed by atoms with E-state index in [9.17, 15) is 4.79 Å². The number of aryl methyl sites for hydroxylation is 2. The number of hydrogen-bond acceptors (Lipinski definition) is 7. The summed E-state index contributed by atoms with van der Waals surface area (Å²) in [5.41, 5.74) is 17.0. The fraction of sp³-hybridized carbons (Fsp3) is 0.0741. The summed E-state index contributed by atoms with van der Waals surface area (Å²) in [6.45, 7) is 7.11. The average molecular weight is 494 g/mol. The van der Waals surface area contributed by atoms with Crippen molar-refractivity contribution >= 4 is 28.3 Å². The van der Waals surface area contributed by atoms with E-state index in [0.717, 1.165) is 11.6 Å². The van der Waals surface area contributed by atoms with E-state index in [1.165, 1.54) is 24.7 Å². The molecule has 182 valence electrons. The van der Waals surface area contributed by atoms with Crippen LogP contribution in [0.1, 0.15) is 17.0 Å². The number of amides is 1. The summed E-state index contributed by atoms with van der Waals surface area (Å²) in [7, 11) is 0. The second-order valence-electron chi connectivity index (χ2n) is 8.07. The van der Waals surface area contributed by atoms with Gasteiger partial charge in [0, 0.05) is 34.8 Å². The van der Waals surface area contributed by atoms with Gasteiger partial charge in [0.25, 0.3) is 0 Å². The van der Waals surface area contributed by atoms with Crippen LogP contribution in [0.25, 0.3) is 22.3 Å². The zero-order chi connectivity index (χ0) is 26.1. The summed E-state index contributed by atoms with van der Waals surface area (Å²) < 4.78 is 22.6. The number of rotatable bonds is 6. The number of carbonyl (C=O) groups excluding carboxylic acids is 1. The summed E-state index contributed by atoms with van der Waals surface area (Å²) >= 11 is 0. The molecule has 9 nitrogen and oxygen atoms in total. The average Bonchev–Trinajstić information content (AvgIpc) is 3.19. The Morgan fingerprint density at radius 3 is 2.73 bits per heavy atom. The molecule has 3 heterocycles. The lowest BCUT2D eigenvalue weighted by Gasteiger charge is -2.14. The van der Waals surface area contributed by atoms with E-state index in [0.29, 0.717) is 39.4 Å². The molecule has 0 fully saturated rings. The highest BCUT2D eigenvalue weighted by Crippen LogP contribution is 2.36. The highest BCUT2D eigenvalue weighted by Gasteiger charge is 2.23. The van der Waals surface area contributed by atoms with E-state index in [1.807, 2.05) is 6.92 Å². The lowest BCUT2D eigenvalue weighted by atomic mass is 10.1. The van der Waals surface area contributed by atoms with Crippen molar-refractivity contribution in [3.05, 3.63) is 102 Å². The number of aromatic nitrogens is 5. The minimum atomic E-state index is -0.624. The second kappa shape index (κ2) is 9.39. The molecule has 0 saturated heterocycles. The highest BCUT2D eigenvalue weighted by atomic mass is 19.1. The van der Waals surface area contributed by atoms with Crippen LogP contribution in [-0.2, 0) is 4.79 Å². The van der Waals surface area contributed by atoms with E-state index >= 15 is 4.39 Å². The van der Waals surface area contributed by atoms with Crippen molar-refractivity contribution in [3.63, 3.8) is 0 Å². The Morgan fingerprint density at radius 1 is 1.19 bits per heavy atom. The van der Waals surface area contributed by atoms with Crippen molar-refractivity contribution in [2.45, 2.75) is 13.8 Å². The molecule has 3 N–H and O–H groups in total. The molecule has 1 aliphatic rings. The predicted octanol–water partition coefficient (Wildman–Crippen LogP) is 4.23. The lowest BCUT2D eigenvalue weighted by molar-refractivity contribution is -0.115. The summed E-state index contributed by atoms with van der Waals surface area (Å²) in [6.07, 6.45) is 7.53. The number of halogens is 1. The molecule has 0 bridgehead atoms. The number of nitrogen functional groups attached to an aromatic ring is 1. The molecule has 4 aromatic rings. The van der Waals surface area contributed by atoms with Crippen LogP contribution in [0.4, 0.5) is 10.2 Å². The largest absolute Gasteiger partial charge is 0.421 e. The van der Waals surface area contributed by atoms with E-state index in [1.54, 1.807) is 35.8 Å². The third-order valence-electron chi connectivity index (χ3n) is 5.60. The molecule has 0 radical (unpaired) electrons. The standard InChI is InChI=1S/C27H20FN7O2/c1-4-22(36)34-18-7-5-17(6-8-18)24-16(3)23-25(26(29)32-14-31-23)35(24)19-9-10-21(20(28)13-19)37-27-30-12-11-15(2)33-27/h4-5,7,9-14H,1H2,2-3H3,(H,34,36)(H2,29,31,32). The zero-order valence-corrected chi connectivity index (χ0v) is 19.9. The first-order valence-corrected chi connectivity index (χ1v) is 11.1. The topological polar surface area (TPSA) is 121 Å². The number of fused-ring (bicyclic) bond motifs is 1. The molecule has 0 aliphatic heterocycles. The number of carbonyl (C=O) groups is 1. The molecule has 1 amide bonds. The molecule has 37 heavy (non-hydrogen) atoms. The van der Waals surface area contributed by atoms with Crippen LogP contribution in [0, 0.1) is 19.7 Å². The number of anilines is 1. The summed E-state index contributed by atoms with van der Waals surface area (Å²) in [5, 5.41) is 2.64. The first-order valence-electron chi connectivity index (χ1n) is 11.1. The summed E-state index contributed by atoms with van der Waals surface area (Å²) in [6, 6.07) is 6.26. The van der Waals surface area contributed by atoms with Crippen LogP contribution in [0.5, 0.6) is 11.8 Å². The van der Waals surface area contributed by atoms with Crippen molar-refractivity contribution < 1.29 is 13.9 Å². The van der Waals surface area contributed by atoms with Gasteiger partial charge in [-0.15, -0.1) is 0 Å². The van der Waals surface area contributed by atoms with Gasteiger partial charge in [-0.25, -0.2) is 24.3 Å². The Morgan fingerprint density at radius 2 is 2.03 bits per heavy atom. The quantitative estimate of drug-likeness (QED) is 0.304. The van der Waals surface area contributed by atoms with Crippen molar-refractivity contribution in [1.82, 2.24) is 29.8 Å². The fourth-order valence-corrected chi connectivity index (χ4v) is 3.92. The predicted molar refractivity (Wildman–Crippen MR) is 136 cm³/mol. The van der Waals surface area contributed by atoms with Gasteiger partial charge in [-0.1, -0.05) is 12.3 Å². The van der Waals surface area contributed by atoms with Gasteiger partial charge in [0.1, 0.15) is 11.8 Å². The van der Waals surface area contributed by atoms with Crippen molar-refractivity contribution in [1.29, 1.82) is 0 Å². The third-order valence-corrected chi connectivity index (χ3v) is 5.60. The van der Waals surface area contributed by atoms with Crippen LogP contribution >= 0.6 is 0 Å². The van der Waals surface area contributed by atoms with Gasteiger partial charge in [-0.05, 0) is 56.0 Å². The normalized spacial score (nSPS) is 12.3. The lowest BCUT2D eigenvalue weighted by Crippen LogP contribution is -2.18. The van der Waals surface area contributed by atoms with Crippen LogP contribution in [-0.4, -0.2) is 30.4 Å². The molecular formula is C27H20FN7O2. The first-order chi connectivity index (χ1) is 17.9. The minimum Gasteiger partial charge on any atom is -0.421 e. The van der Waals surface area contributed by atoms with Crippen molar-refractivity contribution in [2.75, 3.05) is 5.73 Å². The van der Waals surface area contributed by atoms with Gasteiger partial charge in [0.15, 0.2) is 17.4 Å². The minimum absolute atomic E-state index is 0.0319. The van der Waals surface area contributed by atoms with Gasteiger partial charge in [0.05, 0.1) is 16.9 Å². The first kappa shape index (κ1) is 23.4. The molecule has 1 aromatic carbocycles. The Kier molecular flexibility index (Phi) is 5.95. The summed E-state index contributed by atoms with van der Waals surface area (Å²) in [5.74, 6) is -0.788. The maximum atomic E-state index is 15.3. The number of ether oxygens (including phenoxy) is 1. The molecule has 3 aromatic heterocycles. The number of nitrogens with two attached hydrogens (primary N) is 1. The number of nitrogens with one attached hydrogen (secondary N) is 1. The molecule has 0 unspecified atom stereocenters. The molecule has 0 saturated carbocycles. The maximum Gasteiger partial charge on any atom is 0.322 e. The Balaban J connectivity index is 1.66. The molecule has 5 rings (SSSR count). The number of allylic oxidation sites excluding steroid dienone is 3. The van der Waals surface area contributed by atoms with E-state index < -0.39 is 5.82 Å². The van der Waals surface area contributed by atoms with Crippen LogP contribution in [0.3, 0.4) is 0 Å². The van der Waals surface area contributed by atoms with Crippen LogP contribution in [0.15, 0.2) is 78.8 Å². The third kappa shape index (κ3) is 4.41. The van der Waals surface area contributed by atoms with Crippen LogP contribution in [0.2, 0.25) is 0 Å². The zero-order valence-electron chi connectivity index (χ0n) is 19.9. The van der Waals surface area contributed by atoms with Crippen molar-refractivity contribution in [3.8, 4) is 17.4 Å².